The van der Waals surface area contributed by atoms with Crippen molar-refractivity contribution in [1.29, 1.82) is 0 Å². The Balaban J connectivity index is 0. The predicted molar refractivity (Wildman–Crippen MR) is 306 cm³/mol. The van der Waals surface area contributed by atoms with E-state index in [1.54, 1.807) is 34.6 Å². The molecule has 0 aromatic carbocycles. The third-order valence-corrected chi connectivity index (χ3v) is 13.0. The van der Waals surface area contributed by atoms with Crippen LogP contribution in [0.4, 0.5) is 13.2 Å². The van der Waals surface area contributed by atoms with E-state index in [1.807, 2.05) is 0 Å². The van der Waals surface area contributed by atoms with Gasteiger partial charge in [-0.05, 0) is 82.1 Å². The van der Waals surface area contributed by atoms with Crippen molar-refractivity contribution in [3.8, 4) is 0 Å². The highest BCUT2D eigenvalue weighted by Crippen LogP contribution is 2.15. The lowest BCUT2D eigenvalue weighted by atomic mass is 9.96. The molecule has 0 aromatic heterocycles. The van der Waals surface area contributed by atoms with E-state index in [4.69, 9.17) is 32.2 Å². The minimum Gasteiger partial charge on any atom is -0.481 e. The van der Waals surface area contributed by atoms with Crippen LogP contribution in [0.5, 0.6) is 0 Å². The van der Waals surface area contributed by atoms with Gasteiger partial charge in [-0.1, -0.05) is 48.0 Å². The first-order valence-corrected chi connectivity index (χ1v) is 28.6. The van der Waals surface area contributed by atoms with E-state index < -0.39 is 219 Å². The minimum absolute atomic E-state index is 0.0624. The average molecular weight is 1320 g/mol. The van der Waals surface area contributed by atoms with Crippen LogP contribution in [0.25, 0.3) is 0 Å². The van der Waals surface area contributed by atoms with Crippen LogP contribution in [0, 0.1) is 17.8 Å². The number of aliphatic hydroxyl groups is 1. The zero-order chi connectivity index (χ0) is 70.6. The monoisotopic (exact) mass is 1320 g/mol. The molecule has 0 aliphatic heterocycles. The molecule has 0 saturated heterocycles. The first kappa shape index (κ1) is 84.3. The fourth-order valence-electron chi connectivity index (χ4n) is 7.90. The Kier molecular flexibility index (Phi) is 39.8. The molecular weight excluding hydrogens is 1230 g/mol. The Morgan fingerprint density at radius 3 is 1.14 bits per heavy atom. The van der Waals surface area contributed by atoms with Crippen molar-refractivity contribution >= 4 is 94.9 Å². The van der Waals surface area contributed by atoms with Gasteiger partial charge < -0.3 is 101 Å². The smallest absolute Gasteiger partial charge is 0.481 e. The number of amides is 10. The number of carboxylic acids is 6. The summed E-state index contributed by atoms with van der Waals surface area (Å²) in [5.41, 5.74) is 16.8. The third-order valence-electron chi connectivity index (χ3n) is 13.0. The van der Waals surface area contributed by atoms with Crippen molar-refractivity contribution in [2.75, 3.05) is 13.2 Å². The Bertz CT molecular complexity index is 2530. The van der Waals surface area contributed by atoms with Crippen molar-refractivity contribution in [1.82, 2.24) is 47.9 Å². The molecule has 518 valence electrons. The molecule has 0 saturated carbocycles. The van der Waals surface area contributed by atoms with Gasteiger partial charge in [-0.2, -0.15) is 13.2 Å². The molecule has 0 heterocycles. The van der Waals surface area contributed by atoms with Gasteiger partial charge in [0.25, 0.3) is 0 Å². The van der Waals surface area contributed by atoms with Crippen molar-refractivity contribution in [3.63, 3.8) is 0 Å². The van der Waals surface area contributed by atoms with Crippen LogP contribution in [0.1, 0.15) is 138 Å². The Morgan fingerprint density at radius 2 is 0.769 bits per heavy atom. The summed E-state index contributed by atoms with van der Waals surface area (Å²) < 4.78 is 31.7. The summed E-state index contributed by atoms with van der Waals surface area (Å²) in [6.07, 6.45) is -10.3. The standard InChI is InChI=1S/C51H86N12O21.C2HF3O2/c1-7-26(6)41(63-48(80)32(20-24(2)3)59-43(75)28(10-8-9-19-52)56-44(76)29(12-15-36(54)65)55-42(74)27(53)11-16-37(66)67)50(82)62-35(23-64)49(81)58-30(13-17-38(68)69)45(77)57-31(14-18-39(70)71)46(78)60-33(22-40(72)73)47(79)61-34(51(83)84)21-25(4)5;3-2(4,5)1(6)7/h24-35,41,64H,7-23,52-53H2,1-6H3,(H2,54,65)(H,55,74)(H,56,76)(H,57,77)(H,58,81)(H,59,75)(H,60,78)(H,61,79)(H,62,82)(H,63,80)(H,66,67)(H,68,69)(H,70,71)(H,72,73)(H,83,84);(H,6,7)/t26-,27-,28-,29-,30-,31-,32-,33-,34-,35-,41-;/m0./s1. The van der Waals surface area contributed by atoms with Crippen LogP contribution < -0.4 is 65.1 Å². The summed E-state index contributed by atoms with van der Waals surface area (Å²) in [7, 11) is 0. The van der Waals surface area contributed by atoms with E-state index in [2.05, 4.69) is 47.9 Å². The Hall–Kier alpha value is -8.81. The van der Waals surface area contributed by atoms with Crippen molar-refractivity contribution in [2.45, 2.75) is 204 Å². The van der Waals surface area contributed by atoms with Gasteiger partial charge in [0.05, 0.1) is 19.1 Å². The maximum Gasteiger partial charge on any atom is 0.490 e. The zero-order valence-corrected chi connectivity index (χ0v) is 51.1. The lowest BCUT2D eigenvalue weighted by molar-refractivity contribution is -0.192. The van der Waals surface area contributed by atoms with E-state index in [0.717, 1.165) is 0 Å². The summed E-state index contributed by atoms with van der Waals surface area (Å²) in [5, 5.41) is 85.3. The van der Waals surface area contributed by atoms with Crippen molar-refractivity contribution < 1.29 is 126 Å². The van der Waals surface area contributed by atoms with E-state index in [9.17, 15) is 111 Å². The van der Waals surface area contributed by atoms with E-state index in [-0.39, 0.29) is 63.3 Å². The summed E-state index contributed by atoms with van der Waals surface area (Å²) in [5.74, 6) is -22.4. The number of unbranched alkanes of at least 4 members (excludes halogenated alkanes) is 1. The van der Waals surface area contributed by atoms with Gasteiger partial charge in [-0.3, -0.25) is 67.1 Å². The molecular formula is C53H87F3N12O23. The first-order valence-electron chi connectivity index (χ1n) is 28.6. The molecule has 0 bridgehead atoms. The number of nitrogens with one attached hydrogen (secondary N) is 9. The third kappa shape index (κ3) is 36.4. The number of primary amides is 1. The van der Waals surface area contributed by atoms with Crippen LogP contribution in [0.2, 0.25) is 0 Å². The number of carbonyl (C=O) groups excluding carboxylic acids is 10. The maximum atomic E-state index is 14.2. The molecule has 22 N–H and O–H groups in total. The Morgan fingerprint density at radius 1 is 0.429 bits per heavy atom. The number of aliphatic carboxylic acids is 6. The number of aliphatic hydroxyl groups excluding tert-OH is 1. The second kappa shape index (κ2) is 43.0. The molecule has 35 nitrogen and oxygen atoms in total. The highest BCUT2D eigenvalue weighted by Gasteiger charge is 2.39. The summed E-state index contributed by atoms with van der Waals surface area (Å²) in [4.78, 5) is 202. The van der Waals surface area contributed by atoms with Crippen LogP contribution >= 0.6 is 0 Å². The molecule has 11 atom stereocenters. The lowest BCUT2D eigenvalue weighted by Gasteiger charge is -2.30. The van der Waals surface area contributed by atoms with Crippen LogP contribution in [0.3, 0.4) is 0 Å². The molecule has 0 aliphatic carbocycles. The number of carboxylic acid groups (broad SMARTS) is 6. The van der Waals surface area contributed by atoms with E-state index in [0.29, 0.717) is 6.42 Å². The highest BCUT2D eigenvalue weighted by atomic mass is 19.4. The number of nitrogens with two attached hydrogens (primary N) is 3. The van der Waals surface area contributed by atoms with E-state index in [1.165, 1.54) is 6.92 Å². The predicted octanol–water partition coefficient (Wildman–Crippen LogP) is -4.01. The molecule has 10 amide bonds. The van der Waals surface area contributed by atoms with Gasteiger partial charge in [0, 0.05) is 25.7 Å². The van der Waals surface area contributed by atoms with Gasteiger partial charge in [0.15, 0.2) is 0 Å². The SMILES string of the molecule is CC[C@H](C)[C@H](NC(=O)[C@H](CC(C)C)NC(=O)[C@H](CCCCN)NC(=O)[C@H](CCC(N)=O)NC(=O)[C@@H](N)CCC(=O)O)C(=O)N[C@@H](CO)C(=O)N[C@@H](CCC(=O)O)C(=O)N[C@@H](CCC(=O)O)C(=O)N[C@@H](CC(=O)O)C(=O)N[C@@H](CC(C)C)C(=O)O.O=C(O)C(F)(F)F. The number of carbonyl (C=O) groups is 16. The van der Waals surface area contributed by atoms with Gasteiger partial charge in [0.1, 0.15) is 54.4 Å². The quantitative estimate of drug-likeness (QED) is 0.0259. The average Bonchev–Trinajstić information content (AvgIpc) is 1.56. The molecule has 0 fully saturated rings. The molecule has 91 heavy (non-hydrogen) atoms. The van der Waals surface area contributed by atoms with Crippen molar-refractivity contribution in [2.24, 2.45) is 35.0 Å². The second-order valence-corrected chi connectivity index (χ2v) is 21.7. The fraction of sp³-hybridized carbons (Fsp3) is 0.698. The van der Waals surface area contributed by atoms with E-state index >= 15 is 0 Å². The molecule has 0 radical (unpaired) electrons. The zero-order valence-electron chi connectivity index (χ0n) is 51.1. The number of rotatable bonds is 44. The van der Waals surface area contributed by atoms with Gasteiger partial charge in [-0.15, -0.1) is 0 Å². The number of hydrogen-bond donors (Lipinski definition) is 19. The normalized spacial score (nSPS) is 14.7. The molecule has 0 rings (SSSR count). The van der Waals surface area contributed by atoms with Crippen LogP contribution in [-0.2, 0) is 76.7 Å². The molecule has 0 aliphatic rings. The molecule has 0 aromatic rings. The number of alkyl halides is 3. The van der Waals surface area contributed by atoms with Gasteiger partial charge in [0.2, 0.25) is 59.1 Å². The fourth-order valence-corrected chi connectivity index (χ4v) is 7.90. The lowest BCUT2D eigenvalue weighted by Crippen LogP contribution is -2.62. The number of hydrogen-bond acceptors (Lipinski definition) is 19. The minimum atomic E-state index is -5.08. The highest BCUT2D eigenvalue weighted by molar-refractivity contribution is 5.99. The van der Waals surface area contributed by atoms with Gasteiger partial charge >= 0.3 is 42.0 Å². The molecule has 38 heteroatoms. The summed E-state index contributed by atoms with van der Waals surface area (Å²) in [6.45, 7) is 8.84. The van der Waals surface area contributed by atoms with Crippen LogP contribution in [0.15, 0.2) is 0 Å². The molecule has 0 spiro atoms. The summed E-state index contributed by atoms with van der Waals surface area (Å²) >= 11 is 0. The molecule has 0 unspecified atom stereocenters. The van der Waals surface area contributed by atoms with Crippen molar-refractivity contribution in [3.05, 3.63) is 0 Å². The maximum absolute atomic E-state index is 14.2. The topological polar surface area (TPSA) is 601 Å². The van der Waals surface area contributed by atoms with Gasteiger partial charge in [-0.25, -0.2) is 9.59 Å². The summed E-state index contributed by atoms with van der Waals surface area (Å²) in [6, 6.07) is -16.5. The Labute approximate surface area is 519 Å². The second-order valence-electron chi connectivity index (χ2n) is 21.7. The first-order chi connectivity index (χ1) is 42.1. The van der Waals surface area contributed by atoms with Crippen LogP contribution in [-0.4, -0.2) is 210 Å². The largest absolute Gasteiger partial charge is 0.490 e. The number of halogens is 3.